The number of hydrogen-bond acceptors (Lipinski definition) is 3. The molecule has 0 fully saturated rings. The molecule has 0 aliphatic heterocycles. The molecule has 5 heteroatoms. The highest BCUT2D eigenvalue weighted by atomic mass is 35.5. The van der Waals surface area contributed by atoms with Crippen LogP contribution in [-0.4, -0.2) is 42.2 Å². The lowest BCUT2D eigenvalue weighted by atomic mass is 10.3. The van der Waals surface area contributed by atoms with Crippen molar-refractivity contribution >= 4 is 22.6 Å². The summed E-state index contributed by atoms with van der Waals surface area (Å²) >= 11 is 6.28. The Kier molecular flexibility index (Phi) is 4.89. The van der Waals surface area contributed by atoms with Crippen molar-refractivity contribution in [1.82, 2.24) is 14.5 Å². The number of rotatable bonds is 6. The summed E-state index contributed by atoms with van der Waals surface area (Å²) < 4.78 is 7.60. The molecule has 0 saturated carbocycles. The lowest BCUT2D eigenvalue weighted by Gasteiger charge is -2.13. The van der Waals surface area contributed by atoms with E-state index in [9.17, 15) is 0 Å². The van der Waals surface area contributed by atoms with Gasteiger partial charge < -0.3 is 14.2 Å². The highest BCUT2D eigenvalue weighted by Gasteiger charge is 2.17. The third-order valence-corrected chi connectivity index (χ3v) is 3.53. The van der Waals surface area contributed by atoms with Gasteiger partial charge in [-0.25, -0.2) is 4.98 Å². The minimum absolute atomic E-state index is 0.119. The first-order chi connectivity index (χ1) is 9.54. The van der Waals surface area contributed by atoms with E-state index in [2.05, 4.69) is 34.6 Å². The zero-order valence-electron chi connectivity index (χ0n) is 12.6. The molecule has 110 valence electrons. The molecule has 1 aromatic heterocycles. The summed E-state index contributed by atoms with van der Waals surface area (Å²) in [6, 6.07) is 6.00. The van der Waals surface area contributed by atoms with Crippen molar-refractivity contribution in [2.24, 2.45) is 0 Å². The van der Waals surface area contributed by atoms with Gasteiger partial charge in [-0.15, -0.1) is 11.6 Å². The lowest BCUT2D eigenvalue weighted by Crippen LogP contribution is -2.16. The third kappa shape index (κ3) is 3.07. The summed E-state index contributed by atoms with van der Waals surface area (Å²) in [6.45, 7) is 3.91. The molecule has 0 aliphatic rings. The summed E-state index contributed by atoms with van der Waals surface area (Å²) in [5, 5.41) is -0.119. The number of aromatic nitrogens is 2. The van der Waals surface area contributed by atoms with Crippen LogP contribution >= 0.6 is 11.6 Å². The molecule has 1 atom stereocenters. The Hall–Kier alpha value is -1.26. The minimum Gasteiger partial charge on any atom is -0.494 e. The third-order valence-electron chi connectivity index (χ3n) is 3.33. The standard InChI is InChI=1S/C15H22ClN3O/c1-11(16)15-17-14-12(7-5-8-13(14)20-4)19(15)10-6-9-18(2)3/h5,7-8,11H,6,9-10H2,1-4H3. The summed E-state index contributed by atoms with van der Waals surface area (Å²) in [5.41, 5.74) is 1.98. The van der Waals surface area contributed by atoms with E-state index in [0.717, 1.165) is 42.1 Å². The smallest absolute Gasteiger partial charge is 0.146 e. The average molecular weight is 296 g/mol. The number of halogens is 1. The maximum absolute atomic E-state index is 6.28. The summed E-state index contributed by atoms with van der Waals surface area (Å²) in [7, 11) is 5.84. The van der Waals surface area contributed by atoms with Gasteiger partial charge in [-0.1, -0.05) is 6.07 Å². The van der Waals surface area contributed by atoms with Crippen LogP contribution in [0.4, 0.5) is 0 Å². The van der Waals surface area contributed by atoms with Gasteiger partial charge in [-0.3, -0.25) is 0 Å². The van der Waals surface area contributed by atoms with Crippen molar-refractivity contribution < 1.29 is 4.74 Å². The molecule has 0 spiro atoms. The molecule has 0 amide bonds. The number of aryl methyl sites for hydroxylation is 1. The van der Waals surface area contributed by atoms with E-state index in [0.29, 0.717) is 0 Å². The number of ether oxygens (including phenoxy) is 1. The second kappa shape index (κ2) is 6.46. The number of para-hydroxylation sites is 1. The quantitative estimate of drug-likeness (QED) is 0.766. The van der Waals surface area contributed by atoms with Crippen LogP contribution in [0.15, 0.2) is 18.2 Å². The summed E-state index contributed by atoms with van der Waals surface area (Å²) in [4.78, 5) is 6.86. The predicted molar refractivity (Wildman–Crippen MR) is 83.7 cm³/mol. The van der Waals surface area contributed by atoms with E-state index in [-0.39, 0.29) is 5.38 Å². The molecule has 1 heterocycles. The molecule has 0 aliphatic carbocycles. The monoisotopic (exact) mass is 295 g/mol. The van der Waals surface area contributed by atoms with Gasteiger partial charge in [0.05, 0.1) is 18.0 Å². The fourth-order valence-electron chi connectivity index (χ4n) is 2.39. The van der Waals surface area contributed by atoms with Crippen molar-refractivity contribution in [1.29, 1.82) is 0 Å². The van der Waals surface area contributed by atoms with Gasteiger partial charge in [0.1, 0.15) is 17.1 Å². The van der Waals surface area contributed by atoms with E-state index in [1.165, 1.54) is 0 Å². The Labute approximate surface area is 125 Å². The van der Waals surface area contributed by atoms with Crippen molar-refractivity contribution in [3.63, 3.8) is 0 Å². The molecule has 2 aromatic rings. The van der Waals surface area contributed by atoms with Crippen molar-refractivity contribution in [3.05, 3.63) is 24.0 Å². The van der Waals surface area contributed by atoms with Gasteiger partial charge in [0, 0.05) is 6.54 Å². The largest absolute Gasteiger partial charge is 0.494 e. The molecule has 2 rings (SSSR count). The van der Waals surface area contributed by atoms with Crippen LogP contribution in [0, 0.1) is 0 Å². The van der Waals surface area contributed by atoms with Crippen molar-refractivity contribution in [2.45, 2.75) is 25.3 Å². The zero-order valence-corrected chi connectivity index (χ0v) is 13.3. The first-order valence-electron chi connectivity index (χ1n) is 6.86. The highest BCUT2D eigenvalue weighted by molar-refractivity contribution is 6.20. The van der Waals surface area contributed by atoms with Crippen LogP contribution in [0.5, 0.6) is 5.75 Å². The van der Waals surface area contributed by atoms with Crippen LogP contribution in [-0.2, 0) is 6.54 Å². The molecule has 20 heavy (non-hydrogen) atoms. The molecule has 0 saturated heterocycles. The van der Waals surface area contributed by atoms with Crippen LogP contribution in [0.3, 0.4) is 0 Å². The topological polar surface area (TPSA) is 30.3 Å². The number of methoxy groups -OCH3 is 1. The van der Waals surface area contributed by atoms with E-state index in [1.54, 1.807) is 7.11 Å². The zero-order chi connectivity index (χ0) is 14.7. The van der Waals surface area contributed by atoms with E-state index >= 15 is 0 Å². The number of benzene rings is 1. The molecule has 0 N–H and O–H groups in total. The van der Waals surface area contributed by atoms with Gasteiger partial charge in [0.25, 0.3) is 0 Å². The maximum Gasteiger partial charge on any atom is 0.146 e. The molecular formula is C15H22ClN3O. The van der Waals surface area contributed by atoms with Gasteiger partial charge >= 0.3 is 0 Å². The fraction of sp³-hybridized carbons (Fsp3) is 0.533. The fourth-order valence-corrected chi connectivity index (χ4v) is 2.55. The summed E-state index contributed by atoms with van der Waals surface area (Å²) in [6.07, 6.45) is 1.06. The van der Waals surface area contributed by atoms with Gasteiger partial charge in [-0.05, 0) is 46.1 Å². The SMILES string of the molecule is COc1cccc2c1nc(C(C)Cl)n2CCCN(C)C. The Bertz CT molecular complexity index is 578. The first kappa shape index (κ1) is 15.1. The lowest BCUT2D eigenvalue weighted by molar-refractivity contribution is 0.386. The van der Waals surface area contributed by atoms with Gasteiger partial charge in [0.2, 0.25) is 0 Å². The molecule has 0 bridgehead atoms. The Balaban J connectivity index is 2.41. The van der Waals surface area contributed by atoms with Gasteiger partial charge in [0.15, 0.2) is 0 Å². The second-order valence-electron chi connectivity index (χ2n) is 5.22. The Morgan fingerprint density at radius 3 is 2.75 bits per heavy atom. The van der Waals surface area contributed by atoms with E-state index in [1.807, 2.05) is 19.1 Å². The molecule has 1 unspecified atom stereocenters. The number of alkyl halides is 1. The summed E-state index contributed by atoms with van der Waals surface area (Å²) in [5.74, 6) is 1.71. The number of imidazole rings is 1. The van der Waals surface area contributed by atoms with Crippen LogP contribution in [0.25, 0.3) is 11.0 Å². The predicted octanol–water partition coefficient (Wildman–Crippen LogP) is 3.30. The molecule has 1 aromatic carbocycles. The Morgan fingerprint density at radius 1 is 1.40 bits per heavy atom. The van der Waals surface area contributed by atoms with Crippen molar-refractivity contribution in [2.75, 3.05) is 27.7 Å². The van der Waals surface area contributed by atoms with Crippen LogP contribution in [0.1, 0.15) is 24.5 Å². The maximum atomic E-state index is 6.28. The van der Waals surface area contributed by atoms with Crippen LogP contribution < -0.4 is 4.74 Å². The number of fused-ring (bicyclic) bond motifs is 1. The van der Waals surface area contributed by atoms with Gasteiger partial charge in [-0.2, -0.15) is 0 Å². The number of hydrogen-bond donors (Lipinski definition) is 0. The normalized spacial score (nSPS) is 13.1. The van der Waals surface area contributed by atoms with E-state index in [4.69, 9.17) is 16.3 Å². The average Bonchev–Trinajstić information content (AvgIpc) is 2.77. The first-order valence-corrected chi connectivity index (χ1v) is 7.30. The minimum atomic E-state index is -0.119. The van der Waals surface area contributed by atoms with Crippen LogP contribution in [0.2, 0.25) is 0 Å². The van der Waals surface area contributed by atoms with E-state index < -0.39 is 0 Å². The Morgan fingerprint density at radius 2 is 2.15 bits per heavy atom. The molecule has 0 radical (unpaired) electrons. The highest BCUT2D eigenvalue weighted by Crippen LogP contribution is 2.30. The molecule has 4 nitrogen and oxygen atoms in total. The molecular weight excluding hydrogens is 274 g/mol. The van der Waals surface area contributed by atoms with Crippen molar-refractivity contribution in [3.8, 4) is 5.75 Å². The second-order valence-corrected chi connectivity index (χ2v) is 5.88. The number of nitrogens with zero attached hydrogens (tertiary/aromatic N) is 3.